The van der Waals surface area contributed by atoms with E-state index < -0.39 is 0 Å². The first kappa shape index (κ1) is 10.7. The van der Waals surface area contributed by atoms with Gasteiger partial charge in [0.1, 0.15) is 11.6 Å². The van der Waals surface area contributed by atoms with Crippen molar-refractivity contribution < 1.29 is 4.52 Å². The molecule has 2 heterocycles. The maximum atomic E-state index is 5.91. The van der Waals surface area contributed by atoms with Crippen LogP contribution in [-0.2, 0) is 5.88 Å². The smallest absolute Gasteiger partial charge is 0.241 e. The molecule has 0 N–H and O–H groups in total. The van der Waals surface area contributed by atoms with Crippen molar-refractivity contribution in [2.75, 3.05) is 0 Å². The maximum Gasteiger partial charge on any atom is 0.241 e. The van der Waals surface area contributed by atoms with Crippen molar-refractivity contribution in [1.29, 1.82) is 0 Å². The lowest BCUT2D eigenvalue weighted by Crippen LogP contribution is -1.87. The zero-order valence-corrected chi connectivity index (χ0v) is 9.51. The Morgan fingerprint density at radius 2 is 2.13 bits per heavy atom. The van der Waals surface area contributed by atoms with Gasteiger partial charge in [0, 0.05) is 6.20 Å². The van der Waals surface area contributed by atoms with Crippen LogP contribution in [-0.4, -0.2) is 15.1 Å². The number of halogens is 3. The van der Waals surface area contributed by atoms with Gasteiger partial charge in [-0.2, -0.15) is 4.98 Å². The number of hydrogen-bond donors (Lipinski definition) is 0. The zero-order chi connectivity index (χ0) is 10.8. The first-order valence-electron chi connectivity index (χ1n) is 3.90. The number of alkyl halides is 1. The fourth-order valence-electron chi connectivity index (χ4n) is 0.984. The molecule has 0 saturated heterocycles. The highest BCUT2D eigenvalue weighted by Gasteiger charge is 2.12. The Kier molecular flexibility index (Phi) is 3.09. The molecule has 0 amide bonds. The minimum Gasteiger partial charge on any atom is -0.338 e. The molecule has 0 fully saturated rings. The Hall–Kier alpha value is -0.840. The van der Waals surface area contributed by atoms with Gasteiger partial charge in [-0.05, 0) is 6.07 Å². The highest BCUT2D eigenvalue weighted by atomic mass is 35.5. The van der Waals surface area contributed by atoms with E-state index in [-0.39, 0.29) is 5.88 Å². The summed E-state index contributed by atoms with van der Waals surface area (Å²) < 4.78 is 4.83. The second kappa shape index (κ2) is 4.35. The first-order chi connectivity index (χ1) is 7.20. The third-order valence-corrected chi connectivity index (χ3v) is 2.33. The topological polar surface area (TPSA) is 51.8 Å². The fourth-order valence-corrected chi connectivity index (χ4v) is 1.56. The van der Waals surface area contributed by atoms with Crippen LogP contribution in [0, 0.1) is 0 Å². The van der Waals surface area contributed by atoms with Gasteiger partial charge in [0.25, 0.3) is 0 Å². The minimum atomic E-state index is 0.151. The van der Waals surface area contributed by atoms with Gasteiger partial charge < -0.3 is 4.52 Å². The SMILES string of the molecule is ClCc1nc(-c2ncc(Cl)cc2Cl)no1. The lowest BCUT2D eigenvalue weighted by Gasteiger charge is -1.97. The van der Waals surface area contributed by atoms with Crippen LogP contribution < -0.4 is 0 Å². The van der Waals surface area contributed by atoms with Gasteiger partial charge in [0.15, 0.2) is 0 Å². The van der Waals surface area contributed by atoms with Crippen LogP contribution in [0.15, 0.2) is 16.8 Å². The molecule has 0 aromatic carbocycles. The van der Waals surface area contributed by atoms with E-state index in [0.717, 1.165) is 0 Å². The van der Waals surface area contributed by atoms with Gasteiger partial charge in [-0.3, -0.25) is 0 Å². The molecule has 2 aromatic heterocycles. The van der Waals surface area contributed by atoms with Crippen LogP contribution in [0.3, 0.4) is 0 Å². The van der Waals surface area contributed by atoms with E-state index in [9.17, 15) is 0 Å². The van der Waals surface area contributed by atoms with Crippen molar-refractivity contribution in [2.24, 2.45) is 0 Å². The number of nitrogens with zero attached hydrogens (tertiary/aromatic N) is 3. The van der Waals surface area contributed by atoms with E-state index in [2.05, 4.69) is 15.1 Å². The second-order valence-corrected chi connectivity index (χ2v) is 3.74. The summed E-state index contributed by atoms with van der Waals surface area (Å²) in [4.78, 5) is 7.99. The summed E-state index contributed by atoms with van der Waals surface area (Å²) in [6.07, 6.45) is 1.46. The predicted molar refractivity (Wildman–Crippen MR) is 57.1 cm³/mol. The Labute approximate surface area is 100 Å². The van der Waals surface area contributed by atoms with Gasteiger partial charge in [-0.1, -0.05) is 28.4 Å². The minimum absolute atomic E-state index is 0.151. The molecule has 0 bridgehead atoms. The van der Waals surface area contributed by atoms with E-state index in [0.29, 0.717) is 27.5 Å². The molecule has 0 atom stereocenters. The quantitative estimate of drug-likeness (QED) is 0.782. The van der Waals surface area contributed by atoms with E-state index in [1.54, 1.807) is 6.07 Å². The van der Waals surface area contributed by atoms with Crippen LogP contribution in [0.2, 0.25) is 10.0 Å². The van der Waals surface area contributed by atoms with Gasteiger partial charge in [-0.15, -0.1) is 11.6 Å². The molecule has 7 heteroatoms. The van der Waals surface area contributed by atoms with Gasteiger partial charge >= 0.3 is 0 Å². The van der Waals surface area contributed by atoms with E-state index >= 15 is 0 Å². The molecule has 78 valence electrons. The van der Waals surface area contributed by atoms with Crippen molar-refractivity contribution in [3.63, 3.8) is 0 Å². The molecule has 0 aliphatic heterocycles. The summed E-state index contributed by atoms with van der Waals surface area (Å²) >= 11 is 17.1. The average Bonchev–Trinajstić information content (AvgIpc) is 2.66. The van der Waals surface area contributed by atoms with Crippen molar-refractivity contribution in [2.45, 2.75) is 5.88 Å². The van der Waals surface area contributed by atoms with E-state index in [4.69, 9.17) is 39.3 Å². The van der Waals surface area contributed by atoms with Crippen molar-refractivity contribution in [3.05, 3.63) is 28.2 Å². The number of rotatable bonds is 2. The Balaban J connectivity index is 2.44. The number of pyridine rings is 1. The van der Waals surface area contributed by atoms with Crippen LogP contribution in [0.1, 0.15) is 5.89 Å². The summed E-state index contributed by atoms with van der Waals surface area (Å²) in [5.74, 6) is 0.768. The van der Waals surface area contributed by atoms with Gasteiger partial charge in [0.2, 0.25) is 11.7 Å². The third kappa shape index (κ3) is 2.22. The molecule has 0 saturated carbocycles. The average molecular weight is 264 g/mol. The van der Waals surface area contributed by atoms with Gasteiger partial charge in [0.05, 0.1) is 10.0 Å². The van der Waals surface area contributed by atoms with E-state index in [1.807, 2.05) is 0 Å². The zero-order valence-electron chi connectivity index (χ0n) is 7.25. The summed E-state index contributed by atoms with van der Waals surface area (Å²) in [7, 11) is 0. The monoisotopic (exact) mass is 263 g/mol. The Bertz CT molecular complexity index is 486. The van der Waals surface area contributed by atoms with Crippen molar-refractivity contribution >= 4 is 34.8 Å². The summed E-state index contributed by atoms with van der Waals surface area (Å²) in [6.45, 7) is 0. The maximum absolute atomic E-state index is 5.91. The van der Waals surface area contributed by atoms with Gasteiger partial charge in [-0.25, -0.2) is 4.98 Å². The highest BCUT2D eigenvalue weighted by Crippen LogP contribution is 2.25. The Morgan fingerprint density at radius 3 is 2.73 bits per heavy atom. The lowest BCUT2D eigenvalue weighted by atomic mass is 10.3. The lowest BCUT2D eigenvalue weighted by molar-refractivity contribution is 0.391. The molecule has 2 rings (SSSR count). The van der Waals surface area contributed by atoms with Crippen molar-refractivity contribution in [3.8, 4) is 11.5 Å². The third-order valence-electron chi connectivity index (χ3n) is 1.60. The molecule has 0 unspecified atom stereocenters. The molecule has 2 aromatic rings. The predicted octanol–water partition coefficient (Wildman–Crippen LogP) is 3.18. The summed E-state index contributed by atoms with van der Waals surface area (Å²) in [6, 6.07) is 1.56. The molecule has 4 nitrogen and oxygen atoms in total. The molecule has 0 aliphatic carbocycles. The molecule has 0 aliphatic rings. The fraction of sp³-hybridized carbons (Fsp3) is 0.125. The highest BCUT2D eigenvalue weighted by molar-refractivity contribution is 6.35. The Morgan fingerprint density at radius 1 is 1.33 bits per heavy atom. The normalized spacial score (nSPS) is 10.6. The number of aromatic nitrogens is 3. The number of hydrogen-bond acceptors (Lipinski definition) is 4. The largest absolute Gasteiger partial charge is 0.338 e. The van der Waals surface area contributed by atoms with E-state index in [1.165, 1.54) is 6.20 Å². The van der Waals surface area contributed by atoms with Crippen LogP contribution >= 0.6 is 34.8 Å². The second-order valence-electron chi connectivity index (χ2n) is 2.63. The standard InChI is InChI=1S/C8H4Cl3N3O/c9-2-6-13-8(14-15-6)7-5(11)1-4(10)3-12-7/h1,3H,2H2. The first-order valence-corrected chi connectivity index (χ1v) is 5.19. The summed E-state index contributed by atoms with van der Waals surface area (Å²) in [5, 5.41) is 4.50. The molecular formula is C8H4Cl3N3O. The van der Waals surface area contributed by atoms with Crippen molar-refractivity contribution in [1.82, 2.24) is 15.1 Å². The molecular weight excluding hydrogens is 260 g/mol. The molecule has 0 radical (unpaired) electrons. The van der Waals surface area contributed by atoms with Crippen LogP contribution in [0.5, 0.6) is 0 Å². The molecule has 15 heavy (non-hydrogen) atoms. The molecule has 0 spiro atoms. The summed E-state index contributed by atoms with van der Waals surface area (Å²) in [5.41, 5.74) is 0.418. The van der Waals surface area contributed by atoms with Crippen LogP contribution in [0.25, 0.3) is 11.5 Å². The van der Waals surface area contributed by atoms with Crippen LogP contribution in [0.4, 0.5) is 0 Å².